The first kappa shape index (κ1) is 30.8. The lowest BCUT2D eigenvalue weighted by molar-refractivity contribution is -0.122. The number of nitrogens with zero attached hydrogens (tertiary/aromatic N) is 5. The molecule has 1 aliphatic rings. The van der Waals surface area contributed by atoms with Gasteiger partial charge in [0, 0.05) is 39.0 Å². The zero-order chi connectivity index (χ0) is 29.4. The number of aryl methyl sites for hydroxylation is 1. The highest BCUT2D eigenvalue weighted by atomic mass is 35.5. The summed E-state index contributed by atoms with van der Waals surface area (Å²) in [5.41, 5.74) is 2.26. The number of carbonyl (C=O) groups is 1. The first-order chi connectivity index (χ1) is 19.8. The Morgan fingerprint density at radius 2 is 1.88 bits per heavy atom. The highest BCUT2D eigenvalue weighted by Gasteiger charge is 2.22. The number of pyridine rings is 1. The molecule has 41 heavy (non-hydrogen) atoms. The molecule has 1 N–H and O–H groups in total. The van der Waals surface area contributed by atoms with E-state index in [2.05, 4.69) is 33.9 Å². The number of fused-ring (bicyclic) bond motifs is 1. The van der Waals surface area contributed by atoms with Gasteiger partial charge in [0.25, 0.3) is 11.5 Å². The lowest BCUT2D eigenvalue weighted by Gasteiger charge is -2.33. The number of hydrogen-bond donors (Lipinski definition) is 1. The maximum Gasteiger partial charge on any atom is 0.293 e. The van der Waals surface area contributed by atoms with Crippen LogP contribution in [0.3, 0.4) is 0 Å². The Balaban J connectivity index is 1.43. The lowest BCUT2D eigenvalue weighted by atomic mass is 9.93. The van der Waals surface area contributed by atoms with Gasteiger partial charge in [-0.1, -0.05) is 31.5 Å². The van der Waals surface area contributed by atoms with Crippen LogP contribution in [-0.2, 0) is 18.3 Å². The Hall–Kier alpha value is -3.17. The van der Waals surface area contributed by atoms with Gasteiger partial charge in [0.2, 0.25) is 5.95 Å². The van der Waals surface area contributed by atoms with E-state index in [0.29, 0.717) is 11.4 Å². The average Bonchev–Trinajstić information content (AvgIpc) is 2.98. The number of likely N-dealkylation sites (N-methyl/N-ethyl adjacent to an activating group) is 1. The van der Waals surface area contributed by atoms with Crippen molar-refractivity contribution < 1.29 is 9.53 Å². The monoisotopic (exact) mass is 582 g/mol. The Morgan fingerprint density at radius 3 is 2.56 bits per heavy atom. The van der Waals surface area contributed by atoms with Gasteiger partial charge in [0.05, 0.1) is 22.4 Å². The van der Waals surface area contributed by atoms with Gasteiger partial charge in [-0.25, -0.2) is 9.97 Å². The molecule has 0 spiro atoms. The molecule has 3 aromatic rings. The van der Waals surface area contributed by atoms with E-state index in [4.69, 9.17) is 21.3 Å². The second-order valence-corrected chi connectivity index (χ2v) is 11.3. The predicted molar refractivity (Wildman–Crippen MR) is 165 cm³/mol. The van der Waals surface area contributed by atoms with Crippen LogP contribution in [0.5, 0.6) is 5.75 Å². The van der Waals surface area contributed by atoms with E-state index < -0.39 is 0 Å². The molecule has 2 aromatic heterocycles. The van der Waals surface area contributed by atoms with Gasteiger partial charge in [-0.2, -0.15) is 0 Å². The van der Waals surface area contributed by atoms with Crippen molar-refractivity contribution in [3.8, 4) is 5.75 Å². The molecule has 9 nitrogen and oxygen atoms in total. The fourth-order valence-corrected chi connectivity index (χ4v) is 5.71. The Morgan fingerprint density at radius 1 is 1.15 bits per heavy atom. The van der Waals surface area contributed by atoms with Crippen LogP contribution in [0.1, 0.15) is 57.2 Å². The Labute approximate surface area is 247 Å². The summed E-state index contributed by atoms with van der Waals surface area (Å²) in [6.07, 6.45) is 8.22. The molecule has 1 amide bonds. The van der Waals surface area contributed by atoms with Crippen LogP contribution >= 0.6 is 11.6 Å². The third kappa shape index (κ3) is 7.98. The van der Waals surface area contributed by atoms with Gasteiger partial charge in [-0.15, -0.1) is 0 Å². The molecule has 222 valence electrons. The minimum atomic E-state index is -0.301. The van der Waals surface area contributed by atoms with Crippen LogP contribution in [0.2, 0.25) is 5.02 Å². The summed E-state index contributed by atoms with van der Waals surface area (Å²) >= 11 is 6.55. The quantitative estimate of drug-likeness (QED) is 0.319. The summed E-state index contributed by atoms with van der Waals surface area (Å²) in [4.78, 5) is 38.6. The van der Waals surface area contributed by atoms with Gasteiger partial charge < -0.3 is 24.4 Å². The smallest absolute Gasteiger partial charge is 0.293 e. The summed E-state index contributed by atoms with van der Waals surface area (Å²) < 4.78 is 7.03. The molecule has 1 aliphatic heterocycles. The maximum absolute atomic E-state index is 12.7. The van der Waals surface area contributed by atoms with Crippen molar-refractivity contribution in [3.05, 3.63) is 57.1 Å². The highest BCUT2D eigenvalue weighted by molar-refractivity contribution is 6.31. The SMILES string of the molecule is CCCN(CCC)CCC1CCN(c2ncc(Cl)c(Cc3ccc4c(c3)cc(OCC(=O)NC)c(=O)n4C)n2)CC1. The van der Waals surface area contributed by atoms with Crippen LogP contribution in [0.25, 0.3) is 10.9 Å². The minimum absolute atomic E-state index is 0.134. The van der Waals surface area contributed by atoms with E-state index in [1.165, 1.54) is 50.5 Å². The third-order valence-corrected chi connectivity index (χ3v) is 8.21. The molecule has 0 saturated carbocycles. The molecular weight excluding hydrogens is 540 g/mol. The number of nitrogens with one attached hydrogen (secondary N) is 1. The number of carbonyl (C=O) groups excluding carboxylic acids is 1. The number of ether oxygens (including phenoxy) is 1. The third-order valence-electron chi connectivity index (χ3n) is 7.90. The van der Waals surface area contributed by atoms with Crippen LogP contribution in [0.4, 0.5) is 5.95 Å². The van der Waals surface area contributed by atoms with Crippen molar-refractivity contribution in [3.63, 3.8) is 0 Å². The van der Waals surface area contributed by atoms with Crippen LogP contribution < -0.4 is 20.5 Å². The largest absolute Gasteiger partial charge is 0.478 e. The Bertz CT molecular complexity index is 1380. The van der Waals surface area contributed by atoms with E-state index in [1.807, 2.05) is 18.2 Å². The van der Waals surface area contributed by atoms with E-state index >= 15 is 0 Å². The zero-order valence-corrected chi connectivity index (χ0v) is 25.5. The number of amides is 1. The van der Waals surface area contributed by atoms with E-state index in [9.17, 15) is 9.59 Å². The average molecular weight is 583 g/mol. The normalized spacial score (nSPS) is 14.1. The predicted octanol–water partition coefficient (Wildman–Crippen LogP) is 4.43. The van der Waals surface area contributed by atoms with Crippen LogP contribution in [0.15, 0.2) is 35.3 Å². The fourth-order valence-electron chi connectivity index (χ4n) is 5.55. The number of piperidine rings is 1. The summed E-state index contributed by atoms with van der Waals surface area (Å²) in [6.45, 7) is 9.78. The number of aromatic nitrogens is 3. The molecule has 0 unspecified atom stereocenters. The summed E-state index contributed by atoms with van der Waals surface area (Å²) in [5, 5.41) is 3.86. The minimum Gasteiger partial charge on any atom is -0.478 e. The Kier molecular flexibility index (Phi) is 11.0. The number of anilines is 1. The molecule has 0 aliphatic carbocycles. The molecule has 10 heteroatoms. The standard InChI is InChI=1S/C31H43ClN6O3/c1-5-12-37(13-6-2)14-9-22-10-15-38(16-11-22)31-34-20-25(32)26(35-31)18-23-7-8-27-24(17-23)19-28(30(40)36(27)4)41-21-29(39)33-3/h7-8,17,19-20,22H,5-6,9-16,18,21H2,1-4H3,(H,33,39). The van der Waals surface area contributed by atoms with Gasteiger partial charge in [-0.3, -0.25) is 9.59 Å². The second-order valence-electron chi connectivity index (χ2n) is 10.9. The van der Waals surface area contributed by atoms with Crippen molar-refractivity contribution in [1.82, 2.24) is 24.8 Å². The van der Waals surface area contributed by atoms with Gasteiger partial charge in [-0.05, 0) is 81.4 Å². The zero-order valence-electron chi connectivity index (χ0n) is 24.8. The van der Waals surface area contributed by atoms with Crippen LogP contribution in [-0.4, -0.2) is 71.7 Å². The second kappa shape index (κ2) is 14.6. The molecule has 1 fully saturated rings. The van der Waals surface area contributed by atoms with Crippen molar-refractivity contribution >= 4 is 34.4 Å². The lowest BCUT2D eigenvalue weighted by Crippen LogP contribution is -2.36. The number of rotatable bonds is 13. The first-order valence-electron chi connectivity index (χ1n) is 14.8. The van der Waals surface area contributed by atoms with E-state index in [1.54, 1.807) is 19.3 Å². The molecule has 0 radical (unpaired) electrons. The van der Waals surface area contributed by atoms with Gasteiger partial charge in [0.1, 0.15) is 0 Å². The molecule has 3 heterocycles. The van der Waals surface area contributed by atoms with Crippen molar-refractivity contribution in [2.75, 3.05) is 51.3 Å². The summed E-state index contributed by atoms with van der Waals surface area (Å²) in [5.74, 6) is 1.31. The maximum atomic E-state index is 12.7. The number of halogens is 1. The highest BCUT2D eigenvalue weighted by Crippen LogP contribution is 2.27. The molecule has 1 aromatic carbocycles. The van der Waals surface area contributed by atoms with Crippen molar-refractivity contribution in [1.29, 1.82) is 0 Å². The molecule has 1 saturated heterocycles. The summed E-state index contributed by atoms with van der Waals surface area (Å²) in [7, 11) is 3.22. The van der Waals surface area contributed by atoms with Crippen LogP contribution in [0, 0.1) is 5.92 Å². The van der Waals surface area contributed by atoms with Crippen molar-refractivity contribution in [2.45, 2.75) is 52.4 Å². The molecule has 4 rings (SSSR count). The van der Waals surface area contributed by atoms with E-state index in [0.717, 1.165) is 60.0 Å². The number of hydrogen-bond acceptors (Lipinski definition) is 7. The van der Waals surface area contributed by atoms with Crippen molar-refractivity contribution in [2.24, 2.45) is 13.0 Å². The topological polar surface area (TPSA) is 92.6 Å². The first-order valence-corrected chi connectivity index (χ1v) is 15.1. The molecule has 0 bridgehead atoms. The van der Waals surface area contributed by atoms with E-state index in [-0.39, 0.29) is 23.8 Å². The van der Waals surface area contributed by atoms with Gasteiger partial charge in [0.15, 0.2) is 12.4 Å². The molecule has 0 atom stereocenters. The summed E-state index contributed by atoms with van der Waals surface area (Å²) in [6, 6.07) is 7.59. The number of benzene rings is 1. The molecular formula is C31H43ClN6O3. The fraction of sp³-hybridized carbons (Fsp3) is 0.548. The van der Waals surface area contributed by atoms with Gasteiger partial charge >= 0.3 is 0 Å².